The number of benzene rings is 1. The Hall–Kier alpha value is -1.92. The summed E-state index contributed by atoms with van der Waals surface area (Å²) in [6.07, 6.45) is 4.73. The van der Waals surface area contributed by atoms with Gasteiger partial charge in [-0.25, -0.2) is 0 Å². The topological polar surface area (TPSA) is 61.4 Å². The lowest BCUT2D eigenvalue weighted by molar-refractivity contribution is 0.179. The number of aromatic amines is 1. The molecular weight excluding hydrogens is 296 g/mol. The number of para-hydroxylation sites is 1. The summed E-state index contributed by atoms with van der Waals surface area (Å²) in [4.78, 5) is 3.31. The minimum atomic E-state index is 0.139. The van der Waals surface area contributed by atoms with Crippen molar-refractivity contribution in [2.45, 2.75) is 26.3 Å². The molecule has 0 aliphatic rings. The molecular formula is C16H22N4OS. The Morgan fingerprint density at radius 1 is 1.50 bits per heavy atom. The first-order chi connectivity index (χ1) is 10.7. The number of nitrogens with one attached hydrogen (secondary N) is 3. The van der Waals surface area contributed by atoms with Crippen molar-refractivity contribution in [1.82, 2.24) is 15.7 Å². The Kier molecular flexibility index (Phi) is 5.91. The molecule has 2 aromatic rings. The largest absolute Gasteiger partial charge is 0.383 e. The number of aryl methyl sites for hydroxylation is 1. The van der Waals surface area contributed by atoms with Gasteiger partial charge in [-0.3, -0.25) is 5.43 Å². The molecule has 0 saturated heterocycles. The Bertz CT molecular complexity index is 665. The van der Waals surface area contributed by atoms with E-state index in [1.54, 1.807) is 13.3 Å². The number of hydrogen-bond acceptors (Lipinski definition) is 3. The smallest absolute Gasteiger partial charge is 0.187 e. The van der Waals surface area contributed by atoms with Gasteiger partial charge in [-0.2, -0.15) is 5.10 Å². The van der Waals surface area contributed by atoms with Crippen LogP contribution in [0.25, 0.3) is 10.9 Å². The maximum atomic E-state index is 5.18. The number of nitrogens with zero attached hydrogens (tertiary/aromatic N) is 1. The first kappa shape index (κ1) is 16.5. The predicted octanol–water partition coefficient (Wildman–Crippen LogP) is 2.56. The molecule has 6 heteroatoms. The van der Waals surface area contributed by atoms with Crippen molar-refractivity contribution in [2.24, 2.45) is 5.10 Å². The number of aromatic nitrogens is 1. The molecule has 0 fully saturated rings. The lowest BCUT2D eigenvalue weighted by atomic mass is 10.1. The summed E-state index contributed by atoms with van der Waals surface area (Å²) >= 11 is 5.18. The van der Waals surface area contributed by atoms with Gasteiger partial charge in [0.1, 0.15) is 0 Å². The lowest BCUT2D eigenvalue weighted by Crippen LogP contribution is -2.40. The zero-order valence-corrected chi connectivity index (χ0v) is 14.0. The van der Waals surface area contributed by atoms with E-state index < -0.39 is 0 Å². The molecule has 0 saturated carbocycles. The predicted molar refractivity (Wildman–Crippen MR) is 95.5 cm³/mol. The van der Waals surface area contributed by atoms with E-state index in [1.165, 1.54) is 11.1 Å². The van der Waals surface area contributed by atoms with Gasteiger partial charge in [0.25, 0.3) is 0 Å². The van der Waals surface area contributed by atoms with Gasteiger partial charge >= 0.3 is 0 Å². The van der Waals surface area contributed by atoms with Gasteiger partial charge in [-0.05, 0) is 31.1 Å². The molecule has 22 heavy (non-hydrogen) atoms. The number of methoxy groups -OCH3 is 1. The second-order valence-corrected chi connectivity index (χ2v) is 5.55. The van der Waals surface area contributed by atoms with Crippen LogP contribution in [0.15, 0.2) is 29.5 Å². The van der Waals surface area contributed by atoms with Crippen LogP contribution in [0.1, 0.15) is 25.0 Å². The third kappa shape index (κ3) is 4.05. The maximum Gasteiger partial charge on any atom is 0.187 e. The molecule has 0 spiro atoms. The molecule has 1 aromatic carbocycles. The van der Waals surface area contributed by atoms with Crippen LogP contribution >= 0.6 is 12.2 Å². The average Bonchev–Trinajstić information content (AvgIpc) is 2.90. The van der Waals surface area contributed by atoms with Gasteiger partial charge < -0.3 is 15.0 Å². The lowest BCUT2D eigenvalue weighted by Gasteiger charge is -2.13. The van der Waals surface area contributed by atoms with E-state index in [0.717, 1.165) is 17.4 Å². The molecule has 1 heterocycles. The highest BCUT2D eigenvalue weighted by Crippen LogP contribution is 2.20. The summed E-state index contributed by atoms with van der Waals surface area (Å²) in [5.41, 5.74) is 6.33. The van der Waals surface area contributed by atoms with Gasteiger partial charge in [0.05, 0.1) is 12.8 Å². The zero-order chi connectivity index (χ0) is 15.9. The zero-order valence-electron chi connectivity index (χ0n) is 13.1. The van der Waals surface area contributed by atoms with E-state index in [0.29, 0.717) is 11.7 Å². The van der Waals surface area contributed by atoms with Crippen molar-refractivity contribution in [3.63, 3.8) is 0 Å². The fourth-order valence-electron chi connectivity index (χ4n) is 2.35. The standard InChI is InChI=1S/C16H22N4OS/c1-4-12-6-5-7-14-13(8-17-15(12)14)9-18-20-16(22)19-11(2)10-21-3/h5-9,11,17H,4,10H2,1-3H3,(H2,19,20,22)/b18-9+/t11-/m1/s1. The first-order valence-corrected chi connectivity index (χ1v) is 7.74. The van der Waals surface area contributed by atoms with Gasteiger partial charge in [0.15, 0.2) is 5.11 Å². The molecule has 0 bridgehead atoms. The fraction of sp³-hybridized carbons (Fsp3) is 0.375. The monoisotopic (exact) mass is 318 g/mol. The van der Waals surface area contributed by atoms with E-state index in [9.17, 15) is 0 Å². The van der Waals surface area contributed by atoms with Gasteiger partial charge in [0.2, 0.25) is 0 Å². The molecule has 1 atom stereocenters. The van der Waals surface area contributed by atoms with Crippen molar-refractivity contribution in [2.75, 3.05) is 13.7 Å². The van der Waals surface area contributed by atoms with Crippen LogP contribution in [0.5, 0.6) is 0 Å². The average molecular weight is 318 g/mol. The van der Waals surface area contributed by atoms with Gasteiger partial charge in [-0.15, -0.1) is 0 Å². The van der Waals surface area contributed by atoms with Crippen molar-refractivity contribution >= 4 is 34.4 Å². The van der Waals surface area contributed by atoms with Crippen molar-refractivity contribution in [3.05, 3.63) is 35.5 Å². The molecule has 0 aliphatic carbocycles. The molecule has 0 amide bonds. The number of thiocarbonyl (C=S) groups is 1. The fourth-order valence-corrected chi connectivity index (χ4v) is 2.60. The molecule has 0 unspecified atom stereocenters. The van der Waals surface area contributed by atoms with Crippen LogP contribution in [0.2, 0.25) is 0 Å². The summed E-state index contributed by atoms with van der Waals surface area (Å²) in [7, 11) is 1.66. The third-order valence-electron chi connectivity index (χ3n) is 3.38. The number of fused-ring (bicyclic) bond motifs is 1. The first-order valence-electron chi connectivity index (χ1n) is 7.33. The number of hydrogen-bond donors (Lipinski definition) is 3. The van der Waals surface area contributed by atoms with E-state index in [1.807, 2.05) is 13.1 Å². The number of ether oxygens (including phenoxy) is 1. The molecule has 1 aromatic heterocycles. The Morgan fingerprint density at radius 3 is 3.05 bits per heavy atom. The summed E-state index contributed by atoms with van der Waals surface area (Å²) in [6.45, 7) is 4.73. The van der Waals surface area contributed by atoms with Crippen LogP contribution in [0.3, 0.4) is 0 Å². The quantitative estimate of drug-likeness (QED) is 0.435. The van der Waals surface area contributed by atoms with E-state index >= 15 is 0 Å². The number of H-pyrrole nitrogens is 1. The molecule has 118 valence electrons. The summed E-state index contributed by atoms with van der Waals surface area (Å²) in [6, 6.07) is 6.43. The van der Waals surface area contributed by atoms with Crippen LogP contribution in [0.4, 0.5) is 0 Å². The SMILES string of the molecule is CCc1cccc2c(/C=N/NC(=S)N[C@H](C)COC)c[nH]c12. The normalized spacial score (nSPS) is 12.7. The van der Waals surface area contributed by atoms with Gasteiger partial charge in [-0.1, -0.05) is 25.1 Å². The molecule has 5 nitrogen and oxygen atoms in total. The number of hydrazone groups is 1. The molecule has 0 radical (unpaired) electrons. The Labute approximate surface area is 136 Å². The van der Waals surface area contributed by atoms with Crippen LogP contribution in [-0.4, -0.2) is 36.1 Å². The highest BCUT2D eigenvalue weighted by molar-refractivity contribution is 7.80. The summed E-state index contributed by atoms with van der Waals surface area (Å²) in [5.74, 6) is 0. The summed E-state index contributed by atoms with van der Waals surface area (Å²) < 4.78 is 5.05. The minimum absolute atomic E-state index is 0.139. The molecule has 0 aliphatic heterocycles. The summed E-state index contributed by atoms with van der Waals surface area (Å²) in [5, 5.41) is 8.93. The third-order valence-corrected chi connectivity index (χ3v) is 3.59. The van der Waals surface area contributed by atoms with E-state index in [4.69, 9.17) is 17.0 Å². The van der Waals surface area contributed by atoms with Crippen molar-refractivity contribution < 1.29 is 4.74 Å². The Morgan fingerprint density at radius 2 is 2.32 bits per heavy atom. The number of rotatable bonds is 6. The second kappa shape index (κ2) is 7.91. The molecule has 2 rings (SSSR count). The van der Waals surface area contributed by atoms with E-state index in [-0.39, 0.29) is 6.04 Å². The Balaban J connectivity index is 2.00. The van der Waals surface area contributed by atoms with Crippen LogP contribution < -0.4 is 10.7 Å². The minimum Gasteiger partial charge on any atom is -0.383 e. The van der Waals surface area contributed by atoms with Gasteiger partial charge in [0, 0.05) is 35.8 Å². The van der Waals surface area contributed by atoms with E-state index in [2.05, 4.69) is 46.0 Å². The molecule has 3 N–H and O–H groups in total. The van der Waals surface area contributed by atoms with Crippen LogP contribution in [-0.2, 0) is 11.2 Å². The maximum absolute atomic E-state index is 5.18. The van der Waals surface area contributed by atoms with Crippen molar-refractivity contribution in [1.29, 1.82) is 0 Å². The van der Waals surface area contributed by atoms with Crippen LogP contribution in [0, 0.1) is 0 Å². The highest BCUT2D eigenvalue weighted by Gasteiger charge is 2.05. The highest BCUT2D eigenvalue weighted by atomic mass is 32.1. The van der Waals surface area contributed by atoms with Crippen molar-refractivity contribution in [3.8, 4) is 0 Å². The second-order valence-electron chi connectivity index (χ2n) is 5.14.